The summed E-state index contributed by atoms with van der Waals surface area (Å²) in [5.74, 6) is 0.619. The maximum Gasteiger partial charge on any atom is 0.259 e. The fraction of sp³-hybridized carbons (Fsp3) is 0.714. The summed E-state index contributed by atoms with van der Waals surface area (Å²) in [7, 11) is 0. The van der Waals surface area contributed by atoms with Gasteiger partial charge in [-0.2, -0.15) is 0 Å². The second-order valence-corrected chi connectivity index (χ2v) is 5.61. The summed E-state index contributed by atoms with van der Waals surface area (Å²) in [5, 5.41) is 13.1. The van der Waals surface area contributed by atoms with E-state index in [0.29, 0.717) is 30.2 Å². The van der Waals surface area contributed by atoms with E-state index >= 15 is 0 Å². The summed E-state index contributed by atoms with van der Waals surface area (Å²) in [6, 6.07) is -0.0281. The molecule has 20 heavy (non-hydrogen) atoms. The lowest BCUT2D eigenvalue weighted by Gasteiger charge is -2.37. The third kappa shape index (κ3) is 2.71. The highest BCUT2D eigenvalue weighted by molar-refractivity contribution is 5.96. The normalized spacial score (nSPS) is 23.4. The second kappa shape index (κ2) is 5.93. The van der Waals surface area contributed by atoms with Crippen LogP contribution in [0.2, 0.25) is 0 Å². The minimum absolute atomic E-state index is 0.0281. The summed E-state index contributed by atoms with van der Waals surface area (Å²) in [6.07, 6.45) is -0.321. The van der Waals surface area contributed by atoms with Gasteiger partial charge >= 0.3 is 0 Å². The molecule has 1 aliphatic rings. The van der Waals surface area contributed by atoms with Crippen molar-refractivity contribution in [1.29, 1.82) is 0 Å². The van der Waals surface area contributed by atoms with Gasteiger partial charge in [0.05, 0.1) is 31.1 Å². The van der Waals surface area contributed by atoms with Crippen LogP contribution >= 0.6 is 0 Å². The van der Waals surface area contributed by atoms with Gasteiger partial charge in [0.15, 0.2) is 5.76 Å². The highest BCUT2D eigenvalue weighted by atomic mass is 16.5. The van der Waals surface area contributed by atoms with E-state index in [0.717, 1.165) is 0 Å². The number of aromatic nitrogens is 1. The zero-order chi connectivity index (χ0) is 14.9. The Morgan fingerprint density at radius 1 is 1.55 bits per heavy atom. The Hall–Kier alpha value is -1.40. The van der Waals surface area contributed by atoms with Gasteiger partial charge in [-0.3, -0.25) is 4.79 Å². The van der Waals surface area contributed by atoms with Crippen molar-refractivity contribution in [2.24, 2.45) is 0 Å². The number of nitrogens with zero attached hydrogens (tertiary/aromatic N) is 2. The number of carbonyl (C=O) groups is 1. The van der Waals surface area contributed by atoms with Crippen LogP contribution in [0.25, 0.3) is 0 Å². The number of carbonyl (C=O) groups excluding carboxylic acids is 1. The van der Waals surface area contributed by atoms with Crippen molar-refractivity contribution in [2.75, 3.05) is 19.8 Å². The van der Waals surface area contributed by atoms with Crippen LogP contribution in [-0.4, -0.2) is 53.0 Å². The number of hydrogen-bond acceptors (Lipinski definition) is 5. The molecule has 1 saturated heterocycles. The summed E-state index contributed by atoms with van der Waals surface area (Å²) in [5.41, 5.74) is 1.16. The van der Waals surface area contributed by atoms with Gasteiger partial charge in [0.1, 0.15) is 5.56 Å². The highest BCUT2D eigenvalue weighted by Crippen LogP contribution is 2.25. The molecule has 2 heterocycles. The van der Waals surface area contributed by atoms with Gasteiger partial charge in [-0.25, -0.2) is 0 Å². The Morgan fingerprint density at radius 3 is 2.85 bits per heavy atom. The van der Waals surface area contributed by atoms with Crippen LogP contribution in [-0.2, 0) is 4.74 Å². The van der Waals surface area contributed by atoms with Crippen molar-refractivity contribution in [3.63, 3.8) is 0 Å². The first-order valence-electron chi connectivity index (χ1n) is 6.95. The van der Waals surface area contributed by atoms with Crippen molar-refractivity contribution in [3.8, 4) is 0 Å². The molecule has 0 saturated carbocycles. The topological polar surface area (TPSA) is 75.8 Å². The summed E-state index contributed by atoms with van der Waals surface area (Å²) in [4.78, 5) is 14.5. The zero-order valence-corrected chi connectivity index (χ0v) is 12.4. The van der Waals surface area contributed by atoms with Gasteiger partial charge in [0, 0.05) is 12.5 Å². The number of aryl methyl sites for hydroxylation is 1. The Kier molecular flexibility index (Phi) is 4.45. The standard InChI is InChI=1S/C14H22N2O4/c1-8(2)13-12(10(4)15-20-13)14(18)16-5-11(6-17)19-7-9(16)3/h8-9,11,17H,5-7H2,1-4H3. The third-order valence-corrected chi connectivity index (χ3v) is 3.60. The van der Waals surface area contributed by atoms with Crippen LogP contribution in [0.4, 0.5) is 0 Å². The van der Waals surface area contributed by atoms with Crippen LogP contribution in [0.3, 0.4) is 0 Å². The quantitative estimate of drug-likeness (QED) is 0.905. The molecular formula is C14H22N2O4. The lowest BCUT2D eigenvalue weighted by Crippen LogP contribution is -2.52. The number of amides is 1. The molecule has 2 rings (SSSR count). The molecule has 112 valence electrons. The van der Waals surface area contributed by atoms with Gasteiger partial charge < -0.3 is 19.3 Å². The van der Waals surface area contributed by atoms with Crippen molar-refractivity contribution in [1.82, 2.24) is 10.1 Å². The molecule has 0 bridgehead atoms. The average molecular weight is 282 g/mol. The van der Waals surface area contributed by atoms with Crippen LogP contribution in [0.1, 0.15) is 48.5 Å². The first-order chi connectivity index (χ1) is 9.45. The van der Waals surface area contributed by atoms with E-state index in [9.17, 15) is 9.90 Å². The molecule has 1 aromatic rings. The molecule has 1 N–H and O–H groups in total. The molecular weight excluding hydrogens is 260 g/mol. The molecule has 2 atom stereocenters. The van der Waals surface area contributed by atoms with E-state index in [1.807, 2.05) is 20.8 Å². The first kappa shape index (κ1) is 15.0. The number of rotatable bonds is 3. The first-order valence-corrected chi connectivity index (χ1v) is 6.95. The predicted octanol–water partition coefficient (Wildman–Crippen LogP) is 1.33. The lowest BCUT2D eigenvalue weighted by molar-refractivity contribution is -0.0668. The Labute approximate surface area is 118 Å². The minimum atomic E-state index is -0.321. The van der Waals surface area contributed by atoms with Crippen molar-refractivity contribution < 1.29 is 19.2 Å². The van der Waals surface area contributed by atoms with E-state index in [1.165, 1.54) is 0 Å². The maximum atomic E-state index is 12.8. The fourth-order valence-electron chi connectivity index (χ4n) is 2.40. The number of aliphatic hydroxyl groups excluding tert-OH is 1. The largest absolute Gasteiger partial charge is 0.394 e. The van der Waals surface area contributed by atoms with Crippen molar-refractivity contribution >= 4 is 5.91 Å². The Morgan fingerprint density at radius 2 is 2.25 bits per heavy atom. The molecule has 0 aliphatic carbocycles. The van der Waals surface area contributed by atoms with Gasteiger partial charge in [-0.1, -0.05) is 19.0 Å². The number of aliphatic hydroxyl groups is 1. The Bertz CT molecular complexity index is 484. The molecule has 1 fully saturated rings. The number of morpholine rings is 1. The molecule has 0 aromatic carbocycles. The highest BCUT2D eigenvalue weighted by Gasteiger charge is 2.33. The van der Waals surface area contributed by atoms with Crippen molar-refractivity contribution in [3.05, 3.63) is 17.0 Å². The van der Waals surface area contributed by atoms with Gasteiger partial charge in [-0.05, 0) is 13.8 Å². The number of ether oxygens (including phenoxy) is 1. The molecule has 0 spiro atoms. The van der Waals surface area contributed by atoms with E-state index < -0.39 is 0 Å². The maximum absolute atomic E-state index is 12.8. The molecule has 0 radical (unpaired) electrons. The van der Waals surface area contributed by atoms with Crippen LogP contribution in [0, 0.1) is 6.92 Å². The van der Waals surface area contributed by atoms with Gasteiger partial charge in [0.2, 0.25) is 0 Å². The molecule has 6 nitrogen and oxygen atoms in total. The third-order valence-electron chi connectivity index (χ3n) is 3.60. The molecule has 1 aromatic heterocycles. The molecule has 1 aliphatic heterocycles. The molecule has 6 heteroatoms. The van der Waals surface area contributed by atoms with E-state index in [4.69, 9.17) is 9.26 Å². The predicted molar refractivity (Wildman–Crippen MR) is 72.7 cm³/mol. The summed E-state index contributed by atoms with van der Waals surface area (Å²) < 4.78 is 10.7. The minimum Gasteiger partial charge on any atom is -0.394 e. The average Bonchev–Trinajstić information content (AvgIpc) is 2.80. The Balaban J connectivity index is 2.28. The zero-order valence-electron chi connectivity index (χ0n) is 12.4. The van der Waals surface area contributed by atoms with E-state index in [1.54, 1.807) is 11.8 Å². The SMILES string of the molecule is Cc1noc(C(C)C)c1C(=O)N1CC(CO)OCC1C. The van der Waals surface area contributed by atoms with E-state index in [2.05, 4.69) is 5.16 Å². The fourth-order valence-corrected chi connectivity index (χ4v) is 2.40. The second-order valence-electron chi connectivity index (χ2n) is 5.61. The molecule has 1 amide bonds. The lowest BCUT2D eigenvalue weighted by atomic mass is 10.0. The van der Waals surface area contributed by atoms with E-state index in [-0.39, 0.29) is 30.6 Å². The van der Waals surface area contributed by atoms with Crippen LogP contribution in [0.5, 0.6) is 0 Å². The van der Waals surface area contributed by atoms with Crippen molar-refractivity contribution in [2.45, 2.75) is 45.8 Å². The summed E-state index contributed by atoms with van der Waals surface area (Å²) in [6.45, 7) is 8.37. The molecule has 2 unspecified atom stereocenters. The number of hydrogen-bond donors (Lipinski definition) is 1. The summed E-state index contributed by atoms with van der Waals surface area (Å²) >= 11 is 0. The van der Waals surface area contributed by atoms with Gasteiger partial charge in [-0.15, -0.1) is 0 Å². The van der Waals surface area contributed by atoms with Crippen LogP contribution in [0.15, 0.2) is 4.52 Å². The van der Waals surface area contributed by atoms with Gasteiger partial charge in [0.25, 0.3) is 5.91 Å². The van der Waals surface area contributed by atoms with Crippen LogP contribution < -0.4 is 0 Å². The smallest absolute Gasteiger partial charge is 0.259 e. The monoisotopic (exact) mass is 282 g/mol.